The van der Waals surface area contributed by atoms with Crippen molar-refractivity contribution < 1.29 is 54.0 Å². The highest BCUT2D eigenvalue weighted by atomic mass is 16.5. The molecule has 0 aromatic heterocycles. The number of hydrogen-bond acceptors (Lipinski definition) is 11. The summed E-state index contributed by atoms with van der Waals surface area (Å²) in [5.41, 5.74) is 3.95. The molecule has 0 saturated carbocycles. The maximum atomic E-state index is 12.5. The van der Waals surface area contributed by atoms with Crippen LogP contribution >= 0.6 is 0 Å². The number of aromatic hydroxyl groups is 4. The molecule has 4 aromatic carbocycles. The van der Waals surface area contributed by atoms with Crippen molar-refractivity contribution in [2.45, 2.75) is 49.8 Å². The lowest BCUT2D eigenvalue weighted by Crippen LogP contribution is -2.39. The molecule has 1 aliphatic carbocycles. The lowest BCUT2D eigenvalue weighted by Gasteiger charge is -2.41. The lowest BCUT2D eigenvalue weighted by molar-refractivity contribution is 0.00305. The largest absolute Gasteiger partial charge is 0.504 e. The highest BCUT2D eigenvalue weighted by molar-refractivity contribution is 5.51. The van der Waals surface area contributed by atoms with Crippen LogP contribution in [0, 0.1) is 5.41 Å². The summed E-state index contributed by atoms with van der Waals surface area (Å²) in [6.07, 6.45) is -2.14. The van der Waals surface area contributed by atoms with E-state index in [4.69, 9.17) is 28.4 Å². The highest BCUT2D eigenvalue weighted by Gasteiger charge is 2.60. The van der Waals surface area contributed by atoms with Crippen LogP contribution < -0.4 is 18.9 Å². The minimum atomic E-state index is -1.03. The summed E-state index contributed by atoms with van der Waals surface area (Å²) in [4.78, 5) is 0. The fraction of sp³-hybridized carbons (Fsp3) is 0.333. The standard InChI is InChI=1S/C39H40O11/c1-45-30-12-8-23(15-29(30)43)38-39(37(44)36(50-38)22-7-11-28(42)33(18-22)48-4)14-13-24-25(19-39)35(21-6-10-27(41)32(17-21)47-3)49-34(24)20-5-9-26(40)31(16-20)46-2/h5-12,15-18,34-38,40-44H,13-14,19H2,1-4H3/t34-,35+,36+,37+,38-,39+/m0/s1. The number of ether oxygens (including phenoxy) is 6. The van der Waals surface area contributed by atoms with Gasteiger partial charge in [0.1, 0.15) is 18.3 Å². The van der Waals surface area contributed by atoms with Crippen molar-refractivity contribution in [2.24, 2.45) is 5.41 Å². The molecule has 1 fully saturated rings. The average Bonchev–Trinajstić information content (AvgIpc) is 3.63. The molecule has 3 aliphatic rings. The van der Waals surface area contributed by atoms with Gasteiger partial charge in [0.25, 0.3) is 0 Å². The van der Waals surface area contributed by atoms with Crippen molar-refractivity contribution >= 4 is 0 Å². The van der Waals surface area contributed by atoms with Gasteiger partial charge in [-0.05, 0) is 101 Å². The van der Waals surface area contributed by atoms with Crippen LogP contribution in [0.15, 0.2) is 83.9 Å². The summed E-state index contributed by atoms with van der Waals surface area (Å²) in [5.74, 6) is 1.11. The predicted molar refractivity (Wildman–Crippen MR) is 181 cm³/mol. The first-order chi connectivity index (χ1) is 24.1. The zero-order valence-corrected chi connectivity index (χ0v) is 28.1. The molecule has 1 spiro atoms. The minimum absolute atomic E-state index is 0.00505. The number of methoxy groups -OCH3 is 4. The molecular formula is C39H40O11. The van der Waals surface area contributed by atoms with Crippen LogP contribution in [0.2, 0.25) is 0 Å². The van der Waals surface area contributed by atoms with Gasteiger partial charge in [0.2, 0.25) is 0 Å². The SMILES string of the molecule is COc1ccc([C@@H]2O[C@H](c3ccc(O)c(OC)c3)[C@@H](O)[C@]23CCC2=C(C3)[C@@H](c3ccc(O)c(OC)c3)O[C@H]2c2ccc(O)c(OC)c2)cc1O. The maximum absolute atomic E-state index is 12.5. The fourth-order valence-electron chi connectivity index (χ4n) is 7.92. The van der Waals surface area contributed by atoms with Crippen molar-refractivity contribution in [3.63, 3.8) is 0 Å². The number of rotatable bonds is 8. The van der Waals surface area contributed by atoms with Crippen LogP contribution in [-0.2, 0) is 9.47 Å². The van der Waals surface area contributed by atoms with Crippen LogP contribution in [0.25, 0.3) is 0 Å². The maximum Gasteiger partial charge on any atom is 0.160 e. The van der Waals surface area contributed by atoms with Crippen molar-refractivity contribution in [2.75, 3.05) is 28.4 Å². The smallest absolute Gasteiger partial charge is 0.160 e. The third-order valence-electron chi connectivity index (χ3n) is 10.4. The van der Waals surface area contributed by atoms with Gasteiger partial charge in [-0.3, -0.25) is 0 Å². The average molecular weight is 685 g/mol. The summed E-state index contributed by atoms with van der Waals surface area (Å²) in [6, 6.07) is 20.3. The van der Waals surface area contributed by atoms with Crippen LogP contribution in [0.5, 0.6) is 46.0 Å². The first-order valence-electron chi connectivity index (χ1n) is 16.3. The summed E-state index contributed by atoms with van der Waals surface area (Å²) in [5, 5.41) is 54.4. The summed E-state index contributed by atoms with van der Waals surface area (Å²) in [6.45, 7) is 0. The van der Waals surface area contributed by atoms with Crippen molar-refractivity contribution in [3.05, 3.63) is 106 Å². The molecule has 2 aliphatic heterocycles. The van der Waals surface area contributed by atoms with Crippen LogP contribution in [0.3, 0.4) is 0 Å². The van der Waals surface area contributed by atoms with Gasteiger partial charge in [-0.15, -0.1) is 0 Å². The third kappa shape index (κ3) is 5.42. The summed E-state index contributed by atoms with van der Waals surface area (Å²) in [7, 11) is 5.92. The first kappa shape index (κ1) is 33.4. The van der Waals surface area contributed by atoms with Gasteiger partial charge in [0.05, 0.1) is 40.6 Å². The van der Waals surface area contributed by atoms with Gasteiger partial charge >= 0.3 is 0 Å². The van der Waals surface area contributed by atoms with Crippen LogP contribution in [0.1, 0.15) is 65.9 Å². The molecule has 2 heterocycles. The molecule has 0 unspecified atom stereocenters. The molecule has 1 saturated heterocycles. The molecule has 50 heavy (non-hydrogen) atoms. The quantitative estimate of drug-likeness (QED) is 0.126. The molecule has 11 heteroatoms. The van der Waals surface area contributed by atoms with Gasteiger partial charge in [-0.2, -0.15) is 0 Å². The number of aliphatic hydroxyl groups excluding tert-OH is 1. The predicted octanol–water partition coefficient (Wildman–Crippen LogP) is 6.70. The Balaban J connectivity index is 1.37. The van der Waals surface area contributed by atoms with Crippen LogP contribution in [0.4, 0.5) is 0 Å². The first-order valence-corrected chi connectivity index (χ1v) is 16.3. The van der Waals surface area contributed by atoms with Gasteiger partial charge in [0, 0.05) is 5.41 Å². The monoisotopic (exact) mass is 684 g/mol. The summed E-state index contributed by atoms with van der Waals surface area (Å²) >= 11 is 0. The molecule has 0 amide bonds. The van der Waals surface area contributed by atoms with Crippen molar-refractivity contribution in [1.29, 1.82) is 0 Å². The molecule has 0 radical (unpaired) electrons. The van der Waals surface area contributed by atoms with E-state index in [0.29, 0.717) is 47.6 Å². The Morgan fingerprint density at radius 2 is 1.06 bits per heavy atom. The Bertz CT molecular complexity index is 1950. The Hall–Kier alpha value is -5.10. The Morgan fingerprint density at radius 1 is 0.560 bits per heavy atom. The van der Waals surface area contributed by atoms with E-state index in [2.05, 4.69) is 0 Å². The van der Waals surface area contributed by atoms with E-state index in [1.165, 1.54) is 34.5 Å². The molecule has 5 N–H and O–H groups in total. The highest BCUT2D eigenvalue weighted by Crippen LogP contribution is 2.65. The van der Waals surface area contributed by atoms with E-state index in [-0.39, 0.29) is 28.7 Å². The van der Waals surface area contributed by atoms with Gasteiger partial charge in [-0.1, -0.05) is 24.3 Å². The van der Waals surface area contributed by atoms with Gasteiger partial charge in [0.15, 0.2) is 46.0 Å². The normalized spacial score (nSPS) is 25.8. The second kappa shape index (κ2) is 13.0. The summed E-state index contributed by atoms with van der Waals surface area (Å²) < 4.78 is 35.3. The van der Waals surface area contributed by atoms with Crippen LogP contribution in [-0.4, -0.2) is 60.1 Å². The molecule has 6 atom stereocenters. The molecule has 11 nitrogen and oxygen atoms in total. The molecular weight excluding hydrogens is 644 g/mol. The number of phenolic OH excluding ortho intramolecular Hbond substituents is 4. The zero-order valence-electron chi connectivity index (χ0n) is 28.1. The van der Waals surface area contributed by atoms with E-state index >= 15 is 0 Å². The van der Waals surface area contributed by atoms with E-state index in [9.17, 15) is 25.5 Å². The number of benzene rings is 4. The molecule has 262 valence electrons. The van der Waals surface area contributed by atoms with Crippen molar-refractivity contribution in [1.82, 2.24) is 0 Å². The zero-order chi connectivity index (χ0) is 35.3. The lowest BCUT2D eigenvalue weighted by atomic mass is 9.62. The Kier molecular flexibility index (Phi) is 8.67. The van der Waals surface area contributed by atoms with Gasteiger partial charge in [-0.25, -0.2) is 0 Å². The Labute approximate surface area is 289 Å². The van der Waals surface area contributed by atoms with E-state index < -0.39 is 35.9 Å². The molecule has 7 rings (SSSR count). The second-order valence-corrected chi connectivity index (χ2v) is 13.0. The minimum Gasteiger partial charge on any atom is -0.504 e. The second-order valence-electron chi connectivity index (χ2n) is 13.0. The number of hydrogen-bond donors (Lipinski definition) is 5. The van der Waals surface area contributed by atoms with E-state index in [1.807, 2.05) is 12.1 Å². The molecule has 0 bridgehead atoms. The topological polar surface area (TPSA) is 157 Å². The van der Waals surface area contributed by atoms with Crippen molar-refractivity contribution in [3.8, 4) is 46.0 Å². The number of aliphatic hydroxyl groups is 1. The van der Waals surface area contributed by atoms with Gasteiger partial charge < -0.3 is 54.0 Å². The molecule has 4 aromatic rings. The van der Waals surface area contributed by atoms with E-state index in [1.54, 1.807) is 54.6 Å². The fourth-order valence-corrected chi connectivity index (χ4v) is 7.92. The Morgan fingerprint density at radius 3 is 1.60 bits per heavy atom. The third-order valence-corrected chi connectivity index (χ3v) is 10.4. The van der Waals surface area contributed by atoms with E-state index in [0.717, 1.165) is 22.3 Å². The number of phenols is 4.